The molecule has 0 fully saturated rings. The predicted molar refractivity (Wildman–Crippen MR) is 75.9 cm³/mol. The van der Waals surface area contributed by atoms with E-state index in [0.29, 0.717) is 5.71 Å². The van der Waals surface area contributed by atoms with Crippen molar-refractivity contribution in [3.05, 3.63) is 41.2 Å². The fourth-order valence-corrected chi connectivity index (χ4v) is 2.68. The molecular formula is C16H20FNO. The highest BCUT2D eigenvalue weighted by molar-refractivity contribution is 6.26. The van der Waals surface area contributed by atoms with Crippen LogP contribution in [-0.4, -0.2) is 10.9 Å². The normalized spacial score (nSPS) is 17.5. The van der Waals surface area contributed by atoms with E-state index in [1.54, 1.807) is 6.07 Å². The Labute approximate surface area is 113 Å². The Morgan fingerprint density at radius 2 is 2.11 bits per heavy atom. The number of nitrogens with zero attached hydrogens (tertiary/aromatic N) is 1. The van der Waals surface area contributed by atoms with Gasteiger partial charge in [0, 0.05) is 5.57 Å². The third-order valence-corrected chi connectivity index (χ3v) is 3.62. The zero-order valence-corrected chi connectivity index (χ0v) is 11.3. The third-order valence-electron chi connectivity index (χ3n) is 3.62. The Morgan fingerprint density at radius 3 is 2.79 bits per heavy atom. The summed E-state index contributed by atoms with van der Waals surface area (Å²) in [7, 11) is 0. The number of hydrogen-bond donors (Lipinski definition) is 1. The fourth-order valence-electron chi connectivity index (χ4n) is 2.68. The second kappa shape index (κ2) is 6.50. The second-order valence-corrected chi connectivity index (χ2v) is 4.99. The van der Waals surface area contributed by atoms with Gasteiger partial charge in [-0.15, -0.1) is 0 Å². The molecule has 0 heterocycles. The van der Waals surface area contributed by atoms with Gasteiger partial charge in [-0.05, 0) is 43.4 Å². The largest absolute Gasteiger partial charge is 0.411 e. The van der Waals surface area contributed by atoms with Crippen LogP contribution in [0.25, 0.3) is 5.57 Å². The van der Waals surface area contributed by atoms with Gasteiger partial charge in [0.05, 0.1) is 5.71 Å². The van der Waals surface area contributed by atoms with Gasteiger partial charge in [-0.25, -0.2) is 4.39 Å². The number of oxime groups is 1. The molecule has 1 aliphatic carbocycles. The van der Waals surface area contributed by atoms with Gasteiger partial charge in [0.15, 0.2) is 0 Å². The second-order valence-electron chi connectivity index (χ2n) is 4.99. The van der Waals surface area contributed by atoms with Crippen LogP contribution in [0, 0.1) is 5.82 Å². The zero-order valence-electron chi connectivity index (χ0n) is 11.3. The van der Waals surface area contributed by atoms with Gasteiger partial charge < -0.3 is 5.21 Å². The van der Waals surface area contributed by atoms with Crippen LogP contribution in [0.15, 0.2) is 35.0 Å². The molecule has 1 aromatic rings. The van der Waals surface area contributed by atoms with Crippen LogP contribution in [0.5, 0.6) is 0 Å². The van der Waals surface area contributed by atoms with Gasteiger partial charge in [-0.3, -0.25) is 0 Å². The molecule has 0 radical (unpaired) electrons. The quantitative estimate of drug-likeness (QED) is 0.461. The van der Waals surface area contributed by atoms with Crippen molar-refractivity contribution in [1.29, 1.82) is 0 Å². The lowest BCUT2D eigenvalue weighted by atomic mass is 9.97. The molecule has 0 bridgehead atoms. The minimum atomic E-state index is -0.248. The van der Waals surface area contributed by atoms with Crippen molar-refractivity contribution in [2.45, 2.75) is 45.4 Å². The topological polar surface area (TPSA) is 32.6 Å². The molecule has 102 valence electrons. The van der Waals surface area contributed by atoms with Crippen LogP contribution in [0.4, 0.5) is 4.39 Å². The smallest absolute Gasteiger partial charge is 0.123 e. The molecule has 1 aromatic carbocycles. The Kier molecular flexibility index (Phi) is 4.72. The van der Waals surface area contributed by atoms with E-state index >= 15 is 0 Å². The summed E-state index contributed by atoms with van der Waals surface area (Å²) in [6, 6.07) is 6.54. The summed E-state index contributed by atoms with van der Waals surface area (Å²) in [5.74, 6) is -0.248. The van der Waals surface area contributed by atoms with E-state index in [4.69, 9.17) is 5.21 Å². The number of unbranched alkanes of at least 4 members (excludes halogenated alkanes) is 2. The minimum Gasteiger partial charge on any atom is -0.411 e. The molecule has 0 unspecified atom stereocenters. The summed E-state index contributed by atoms with van der Waals surface area (Å²) >= 11 is 0. The van der Waals surface area contributed by atoms with Crippen LogP contribution in [0.1, 0.15) is 51.0 Å². The van der Waals surface area contributed by atoms with Gasteiger partial charge in [0.25, 0.3) is 0 Å². The number of rotatable bonds is 5. The lowest BCUT2D eigenvalue weighted by Gasteiger charge is -2.08. The summed E-state index contributed by atoms with van der Waals surface area (Å²) in [5, 5.41) is 12.5. The van der Waals surface area contributed by atoms with Crippen molar-refractivity contribution in [1.82, 2.24) is 0 Å². The molecule has 0 amide bonds. The summed E-state index contributed by atoms with van der Waals surface area (Å²) in [4.78, 5) is 0. The van der Waals surface area contributed by atoms with Gasteiger partial charge in [0.1, 0.15) is 5.82 Å². The van der Waals surface area contributed by atoms with E-state index in [1.807, 2.05) is 6.07 Å². The monoisotopic (exact) mass is 261 g/mol. The SMILES string of the molecule is CCCCCC1=C(c2cccc(F)c2)/C(=N/O)CC1. The van der Waals surface area contributed by atoms with Crippen LogP contribution < -0.4 is 0 Å². The highest BCUT2D eigenvalue weighted by Crippen LogP contribution is 2.35. The lowest BCUT2D eigenvalue weighted by Crippen LogP contribution is -1.98. The zero-order chi connectivity index (χ0) is 13.7. The van der Waals surface area contributed by atoms with Crippen molar-refractivity contribution in [2.75, 3.05) is 0 Å². The lowest BCUT2D eigenvalue weighted by molar-refractivity contribution is 0.319. The van der Waals surface area contributed by atoms with Crippen LogP contribution in [0.2, 0.25) is 0 Å². The molecule has 3 heteroatoms. The van der Waals surface area contributed by atoms with E-state index in [2.05, 4.69) is 12.1 Å². The number of halogens is 1. The molecule has 0 saturated heterocycles. The number of hydrogen-bond acceptors (Lipinski definition) is 2. The van der Waals surface area contributed by atoms with Crippen molar-refractivity contribution in [2.24, 2.45) is 5.16 Å². The molecule has 0 aliphatic heterocycles. The molecule has 0 saturated carbocycles. The summed E-state index contributed by atoms with van der Waals surface area (Å²) in [5.41, 5.74) is 3.78. The molecule has 1 aliphatic rings. The number of allylic oxidation sites excluding steroid dienone is 2. The molecule has 0 aromatic heterocycles. The molecular weight excluding hydrogens is 241 g/mol. The average Bonchev–Trinajstić information content (AvgIpc) is 2.82. The maximum atomic E-state index is 13.4. The van der Waals surface area contributed by atoms with E-state index in [9.17, 15) is 4.39 Å². The maximum Gasteiger partial charge on any atom is 0.123 e. The van der Waals surface area contributed by atoms with Gasteiger partial charge in [-0.2, -0.15) is 0 Å². The summed E-state index contributed by atoms with van der Waals surface area (Å²) in [6.45, 7) is 2.18. The first-order chi connectivity index (χ1) is 9.26. The average molecular weight is 261 g/mol. The highest BCUT2D eigenvalue weighted by atomic mass is 19.1. The first kappa shape index (κ1) is 13.8. The van der Waals surface area contributed by atoms with Crippen molar-refractivity contribution < 1.29 is 9.60 Å². The minimum absolute atomic E-state index is 0.248. The predicted octanol–water partition coefficient (Wildman–Crippen LogP) is 4.78. The summed E-state index contributed by atoms with van der Waals surface area (Å²) in [6.07, 6.45) is 6.22. The Balaban J connectivity index is 2.31. The van der Waals surface area contributed by atoms with Crippen molar-refractivity contribution >= 4 is 11.3 Å². The van der Waals surface area contributed by atoms with Gasteiger partial charge >= 0.3 is 0 Å². The Morgan fingerprint density at radius 1 is 1.26 bits per heavy atom. The highest BCUT2D eigenvalue weighted by Gasteiger charge is 2.22. The standard InChI is InChI=1S/C16H20FNO/c1-2-3-4-6-12-9-10-15(18-19)16(12)13-7-5-8-14(17)11-13/h5,7-8,11,19H,2-4,6,9-10H2,1H3/b18-15+. The maximum absolute atomic E-state index is 13.4. The molecule has 1 N–H and O–H groups in total. The van der Waals surface area contributed by atoms with E-state index < -0.39 is 0 Å². The van der Waals surface area contributed by atoms with E-state index in [0.717, 1.165) is 36.8 Å². The van der Waals surface area contributed by atoms with Crippen LogP contribution >= 0.6 is 0 Å². The van der Waals surface area contributed by atoms with E-state index in [-0.39, 0.29) is 5.82 Å². The van der Waals surface area contributed by atoms with Gasteiger partial charge in [-0.1, -0.05) is 42.6 Å². The van der Waals surface area contributed by atoms with Crippen LogP contribution in [0.3, 0.4) is 0 Å². The van der Waals surface area contributed by atoms with Crippen LogP contribution in [-0.2, 0) is 0 Å². The molecule has 19 heavy (non-hydrogen) atoms. The Hall–Kier alpha value is -1.64. The third kappa shape index (κ3) is 3.22. The molecule has 2 rings (SSSR count). The first-order valence-corrected chi connectivity index (χ1v) is 6.95. The van der Waals surface area contributed by atoms with Gasteiger partial charge in [0.2, 0.25) is 0 Å². The van der Waals surface area contributed by atoms with Crippen molar-refractivity contribution in [3.63, 3.8) is 0 Å². The molecule has 0 atom stereocenters. The molecule has 0 spiro atoms. The van der Waals surface area contributed by atoms with Crippen molar-refractivity contribution in [3.8, 4) is 0 Å². The first-order valence-electron chi connectivity index (χ1n) is 6.95. The molecule has 2 nitrogen and oxygen atoms in total. The number of benzene rings is 1. The Bertz CT molecular complexity index is 505. The van der Waals surface area contributed by atoms with E-state index in [1.165, 1.54) is 30.5 Å². The summed E-state index contributed by atoms with van der Waals surface area (Å²) < 4.78 is 13.4. The fraction of sp³-hybridized carbons (Fsp3) is 0.438.